The second-order valence-corrected chi connectivity index (χ2v) is 4.28. The van der Waals surface area contributed by atoms with Crippen molar-refractivity contribution in [1.82, 2.24) is 15.6 Å². The average molecular weight is 255 g/mol. The zero-order chi connectivity index (χ0) is 13.5. The lowest BCUT2D eigenvalue weighted by Gasteiger charge is -2.14. The topological polar surface area (TPSA) is 54.0 Å². The van der Waals surface area contributed by atoms with Gasteiger partial charge in [-0.15, -0.1) is 0 Å². The average Bonchev–Trinajstić information content (AvgIpc) is 2.47. The molecule has 1 heterocycles. The SMILES string of the molecule is CC(NC(=O)NCc1ccccn1)c1ccccc1. The number of pyridine rings is 1. The van der Waals surface area contributed by atoms with Gasteiger partial charge in [0.1, 0.15) is 0 Å². The Labute approximate surface area is 112 Å². The molecule has 2 aromatic rings. The van der Waals surface area contributed by atoms with Crippen LogP contribution in [0.3, 0.4) is 0 Å². The zero-order valence-electron chi connectivity index (χ0n) is 10.8. The van der Waals surface area contributed by atoms with E-state index in [1.165, 1.54) is 0 Å². The van der Waals surface area contributed by atoms with Crippen molar-refractivity contribution in [2.45, 2.75) is 19.5 Å². The summed E-state index contributed by atoms with van der Waals surface area (Å²) in [5.74, 6) is 0. The van der Waals surface area contributed by atoms with Gasteiger partial charge in [0, 0.05) is 6.20 Å². The third-order valence-corrected chi connectivity index (χ3v) is 2.80. The van der Waals surface area contributed by atoms with Gasteiger partial charge in [-0.3, -0.25) is 4.98 Å². The van der Waals surface area contributed by atoms with Crippen LogP contribution in [-0.2, 0) is 6.54 Å². The van der Waals surface area contributed by atoms with Crippen LogP contribution in [0.2, 0.25) is 0 Å². The summed E-state index contributed by atoms with van der Waals surface area (Å²) < 4.78 is 0. The number of benzene rings is 1. The highest BCUT2D eigenvalue weighted by Crippen LogP contribution is 2.10. The van der Waals surface area contributed by atoms with E-state index in [-0.39, 0.29) is 12.1 Å². The molecule has 0 saturated carbocycles. The minimum atomic E-state index is -0.193. The predicted octanol–water partition coefficient (Wildman–Crippen LogP) is 2.64. The summed E-state index contributed by atoms with van der Waals surface area (Å²) in [7, 11) is 0. The van der Waals surface area contributed by atoms with Crippen molar-refractivity contribution < 1.29 is 4.79 Å². The van der Waals surface area contributed by atoms with Gasteiger partial charge >= 0.3 is 6.03 Å². The number of amides is 2. The first-order chi connectivity index (χ1) is 9.25. The molecule has 0 aliphatic carbocycles. The summed E-state index contributed by atoms with van der Waals surface area (Å²) in [4.78, 5) is 15.9. The fourth-order valence-electron chi connectivity index (χ4n) is 1.75. The quantitative estimate of drug-likeness (QED) is 0.882. The number of hydrogen-bond donors (Lipinski definition) is 2. The summed E-state index contributed by atoms with van der Waals surface area (Å²) in [6, 6.07) is 15.3. The number of hydrogen-bond acceptors (Lipinski definition) is 2. The third kappa shape index (κ3) is 4.10. The molecule has 19 heavy (non-hydrogen) atoms. The van der Waals surface area contributed by atoms with Crippen molar-refractivity contribution in [3.05, 3.63) is 66.0 Å². The maximum absolute atomic E-state index is 11.8. The van der Waals surface area contributed by atoms with Gasteiger partial charge in [-0.2, -0.15) is 0 Å². The van der Waals surface area contributed by atoms with Gasteiger partial charge < -0.3 is 10.6 Å². The molecular formula is C15H17N3O. The van der Waals surface area contributed by atoms with E-state index in [1.54, 1.807) is 6.20 Å². The Balaban J connectivity index is 1.82. The van der Waals surface area contributed by atoms with Crippen LogP contribution in [0.1, 0.15) is 24.2 Å². The minimum Gasteiger partial charge on any atom is -0.332 e. The Morgan fingerprint density at radius 1 is 1.16 bits per heavy atom. The van der Waals surface area contributed by atoms with E-state index in [0.29, 0.717) is 6.54 Å². The van der Waals surface area contributed by atoms with E-state index in [1.807, 2.05) is 55.5 Å². The number of carbonyl (C=O) groups is 1. The Bertz CT molecular complexity index is 513. The molecule has 1 aromatic heterocycles. The molecule has 98 valence electrons. The number of nitrogens with zero attached hydrogens (tertiary/aromatic N) is 1. The van der Waals surface area contributed by atoms with E-state index in [4.69, 9.17) is 0 Å². The van der Waals surface area contributed by atoms with Gasteiger partial charge in [-0.05, 0) is 24.6 Å². The van der Waals surface area contributed by atoms with Gasteiger partial charge in [0.2, 0.25) is 0 Å². The fraction of sp³-hybridized carbons (Fsp3) is 0.200. The van der Waals surface area contributed by atoms with Crippen LogP contribution in [0, 0.1) is 0 Å². The molecule has 0 fully saturated rings. The Morgan fingerprint density at radius 3 is 2.58 bits per heavy atom. The fourth-order valence-corrected chi connectivity index (χ4v) is 1.75. The lowest BCUT2D eigenvalue weighted by molar-refractivity contribution is 0.237. The third-order valence-electron chi connectivity index (χ3n) is 2.80. The van der Waals surface area contributed by atoms with Crippen LogP contribution in [0.15, 0.2) is 54.7 Å². The molecular weight excluding hydrogens is 238 g/mol. The number of aromatic nitrogens is 1. The summed E-state index contributed by atoms with van der Waals surface area (Å²) in [6.07, 6.45) is 1.71. The highest BCUT2D eigenvalue weighted by Gasteiger charge is 2.08. The van der Waals surface area contributed by atoms with Crippen molar-refractivity contribution in [1.29, 1.82) is 0 Å². The first kappa shape index (κ1) is 13.1. The van der Waals surface area contributed by atoms with E-state index in [9.17, 15) is 4.79 Å². The number of rotatable bonds is 4. The highest BCUT2D eigenvalue weighted by atomic mass is 16.2. The summed E-state index contributed by atoms with van der Waals surface area (Å²) in [6.45, 7) is 2.38. The van der Waals surface area contributed by atoms with Crippen LogP contribution in [0.25, 0.3) is 0 Å². The molecule has 2 rings (SSSR count). The molecule has 0 radical (unpaired) electrons. The zero-order valence-corrected chi connectivity index (χ0v) is 10.8. The van der Waals surface area contributed by atoms with E-state index < -0.39 is 0 Å². The standard InChI is InChI=1S/C15H17N3O/c1-12(13-7-3-2-4-8-13)18-15(19)17-11-14-9-5-6-10-16-14/h2-10,12H,11H2,1H3,(H2,17,18,19). The molecule has 1 aromatic carbocycles. The number of urea groups is 1. The monoisotopic (exact) mass is 255 g/mol. The van der Waals surface area contributed by atoms with E-state index in [2.05, 4.69) is 15.6 Å². The second-order valence-electron chi connectivity index (χ2n) is 4.28. The number of nitrogens with one attached hydrogen (secondary N) is 2. The van der Waals surface area contributed by atoms with Crippen LogP contribution < -0.4 is 10.6 Å². The largest absolute Gasteiger partial charge is 0.332 e. The molecule has 1 atom stereocenters. The summed E-state index contributed by atoms with van der Waals surface area (Å²) in [5, 5.41) is 5.68. The molecule has 0 saturated heterocycles. The van der Waals surface area contributed by atoms with E-state index >= 15 is 0 Å². The first-order valence-corrected chi connectivity index (χ1v) is 6.25. The second kappa shape index (κ2) is 6.54. The normalized spacial score (nSPS) is 11.6. The molecule has 2 amide bonds. The maximum Gasteiger partial charge on any atom is 0.315 e. The van der Waals surface area contributed by atoms with Crippen molar-refractivity contribution in [2.75, 3.05) is 0 Å². The minimum absolute atomic E-state index is 0.0232. The molecule has 2 N–H and O–H groups in total. The molecule has 4 nitrogen and oxygen atoms in total. The molecule has 0 aliphatic rings. The molecule has 0 aliphatic heterocycles. The molecule has 1 unspecified atom stereocenters. The lowest BCUT2D eigenvalue weighted by Crippen LogP contribution is -2.36. The Morgan fingerprint density at radius 2 is 1.89 bits per heavy atom. The van der Waals surface area contributed by atoms with Crippen molar-refractivity contribution >= 4 is 6.03 Å². The van der Waals surface area contributed by atoms with Gasteiger partial charge in [-0.1, -0.05) is 36.4 Å². The number of carbonyl (C=O) groups excluding carboxylic acids is 1. The smallest absolute Gasteiger partial charge is 0.315 e. The molecule has 4 heteroatoms. The van der Waals surface area contributed by atoms with Gasteiger partial charge in [0.25, 0.3) is 0 Å². The lowest BCUT2D eigenvalue weighted by atomic mass is 10.1. The van der Waals surface area contributed by atoms with Gasteiger partial charge in [-0.25, -0.2) is 4.79 Å². The van der Waals surface area contributed by atoms with E-state index in [0.717, 1.165) is 11.3 Å². The van der Waals surface area contributed by atoms with Crippen molar-refractivity contribution in [3.8, 4) is 0 Å². The van der Waals surface area contributed by atoms with Crippen molar-refractivity contribution in [2.24, 2.45) is 0 Å². The Hall–Kier alpha value is -2.36. The molecule has 0 spiro atoms. The van der Waals surface area contributed by atoms with Crippen LogP contribution >= 0.6 is 0 Å². The summed E-state index contributed by atoms with van der Waals surface area (Å²) in [5.41, 5.74) is 1.92. The van der Waals surface area contributed by atoms with Crippen LogP contribution in [0.5, 0.6) is 0 Å². The maximum atomic E-state index is 11.8. The highest BCUT2D eigenvalue weighted by molar-refractivity contribution is 5.74. The van der Waals surface area contributed by atoms with Crippen LogP contribution in [-0.4, -0.2) is 11.0 Å². The van der Waals surface area contributed by atoms with Gasteiger partial charge in [0.05, 0.1) is 18.3 Å². The first-order valence-electron chi connectivity index (χ1n) is 6.25. The molecule has 0 bridgehead atoms. The summed E-state index contributed by atoms with van der Waals surface area (Å²) >= 11 is 0. The predicted molar refractivity (Wildman–Crippen MR) is 74.5 cm³/mol. The van der Waals surface area contributed by atoms with Crippen LogP contribution in [0.4, 0.5) is 4.79 Å². The Kier molecular flexibility index (Phi) is 4.50. The van der Waals surface area contributed by atoms with Crippen molar-refractivity contribution in [3.63, 3.8) is 0 Å². The van der Waals surface area contributed by atoms with Gasteiger partial charge in [0.15, 0.2) is 0 Å².